The number of rotatable bonds is 2. The molecule has 0 radical (unpaired) electrons. The van der Waals surface area contributed by atoms with E-state index in [4.69, 9.17) is 0 Å². The van der Waals surface area contributed by atoms with Gasteiger partial charge >= 0.3 is 29.6 Å². The van der Waals surface area contributed by atoms with Crippen LogP contribution in [0.25, 0.3) is 6.08 Å². The number of hydrogen-bond donors (Lipinski definition) is 0. The summed E-state index contributed by atoms with van der Waals surface area (Å²) in [6.45, 7) is 0.670. The maximum atomic E-state index is 12.1. The van der Waals surface area contributed by atoms with Crippen molar-refractivity contribution in [2.24, 2.45) is 0 Å². The zero-order valence-corrected chi connectivity index (χ0v) is 15.4. The maximum Gasteiger partial charge on any atom is 1.00 e. The van der Waals surface area contributed by atoms with Gasteiger partial charge in [-0.25, -0.2) is 4.98 Å². The van der Waals surface area contributed by atoms with Crippen molar-refractivity contribution in [1.82, 2.24) is 19.4 Å². The minimum Gasteiger partial charge on any atom is -0.543 e. The summed E-state index contributed by atoms with van der Waals surface area (Å²) < 4.78 is 1.77. The summed E-state index contributed by atoms with van der Waals surface area (Å²) in [5.74, 6) is -0.887. The average molecular weight is 336 g/mol. The Labute approximate surface area is 159 Å². The van der Waals surface area contributed by atoms with Crippen LogP contribution in [-0.2, 0) is 27.5 Å². The van der Waals surface area contributed by atoms with Gasteiger partial charge in [0.15, 0.2) is 0 Å². The fourth-order valence-electron chi connectivity index (χ4n) is 3.20. The van der Waals surface area contributed by atoms with Crippen LogP contribution in [0, 0.1) is 0 Å². The van der Waals surface area contributed by atoms with Crippen LogP contribution >= 0.6 is 0 Å². The molecule has 0 saturated carbocycles. The van der Waals surface area contributed by atoms with E-state index >= 15 is 0 Å². The molecule has 3 aliphatic rings. The second-order valence-electron chi connectivity index (χ2n) is 5.86. The Bertz CT molecular complexity index is 825. The minimum atomic E-state index is -1.33. The van der Waals surface area contributed by atoms with Crippen LogP contribution in [0.3, 0.4) is 0 Å². The van der Waals surface area contributed by atoms with E-state index in [1.807, 2.05) is 0 Å². The van der Waals surface area contributed by atoms with E-state index in [0.29, 0.717) is 24.2 Å². The molecule has 3 aliphatic heterocycles. The first-order valence-corrected chi connectivity index (χ1v) is 7.22. The fraction of sp³-hybridized carbons (Fsp3) is 0.333. The van der Waals surface area contributed by atoms with Crippen molar-refractivity contribution in [3.05, 3.63) is 35.1 Å². The zero-order chi connectivity index (χ0) is 16.3. The molecular formula is C15H13N4NaO4. The van der Waals surface area contributed by atoms with E-state index in [-0.39, 0.29) is 59.7 Å². The van der Waals surface area contributed by atoms with Gasteiger partial charge in [0.2, 0.25) is 5.91 Å². The number of carboxylic acid groups (broad SMARTS) is 1. The average Bonchev–Trinajstić information content (AvgIpc) is 3.06. The number of carboxylic acids is 1. The van der Waals surface area contributed by atoms with Crippen LogP contribution in [0.1, 0.15) is 17.9 Å². The van der Waals surface area contributed by atoms with Gasteiger partial charge in [-0.2, -0.15) is 0 Å². The van der Waals surface area contributed by atoms with Crippen LogP contribution in [-0.4, -0.2) is 50.2 Å². The number of aromatic nitrogens is 2. The molecule has 0 spiro atoms. The first kappa shape index (κ1) is 16.9. The molecule has 4 rings (SSSR count). The van der Waals surface area contributed by atoms with Crippen molar-refractivity contribution in [2.45, 2.75) is 25.6 Å². The topological polar surface area (TPSA) is 98.6 Å². The summed E-state index contributed by atoms with van der Waals surface area (Å²) in [6, 6.07) is -0.251. The second kappa shape index (κ2) is 5.87. The van der Waals surface area contributed by atoms with Crippen LogP contribution < -0.4 is 34.7 Å². The van der Waals surface area contributed by atoms with E-state index in [9.17, 15) is 19.5 Å². The molecule has 0 aromatic carbocycles. The Morgan fingerprint density at radius 3 is 2.83 bits per heavy atom. The van der Waals surface area contributed by atoms with Crippen molar-refractivity contribution < 1.29 is 49.0 Å². The predicted molar refractivity (Wildman–Crippen MR) is 75.0 cm³/mol. The van der Waals surface area contributed by atoms with Crippen molar-refractivity contribution >= 4 is 23.9 Å². The minimum absolute atomic E-state index is 0. The molecule has 2 amide bonds. The molecule has 4 heterocycles. The molecule has 118 valence electrons. The summed E-state index contributed by atoms with van der Waals surface area (Å²) in [4.78, 5) is 42.1. The van der Waals surface area contributed by atoms with Gasteiger partial charge in [-0.3, -0.25) is 14.5 Å². The molecule has 24 heavy (non-hydrogen) atoms. The molecule has 1 fully saturated rings. The quantitative estimate of drug-likeness (QED) is 0.308. The van der Waals surface area contributed by atoms with E-state index in [1.54, 1.807) is 28.8 Å². The molecule has 9 heteroatoms. The van der Waals surface area contributed by atoms with Gasteiger partial charge in [0, 0.05) is 18.8 Å². The van der Waals surface area contributed by atoms with Crippen LogP contribution in [0.15, 0.2) is 23.5 Å². The van der Waals surface area contributed by atoms with Crippen molar-refractivity contribution in [1.29, 1.82) is 0 Å². The van der Waals surface area contributed by atoms with Gasteiger partial charge in [0.05, 0.1) is 29.9 Å². The Morgan fingerprint density at radius 1 is 1.38 bits per heavy atom. The van der Waals surface area contributed by atoms with Crippen LogP contribution in [0.2, 0.25) is 0 Å². The van der Waals surface area contributed by atoms with Gasteiger partial charge in [0.1, 0.15) is 12.4 Å². The van der Waals surface area contributed by atoms with Crippen LogP contribution in [0.4, 0.5) is 0 Å². The van der Waals surface area contributed by atoms with Crippen molar-refractivity contribution in [3.63, 3.8) is 0 Å². The van der Waals surface area contributed by atoms with E-state index < -0.39 is 5.97 Å². The Kier molecular flexibility index (Phi) is 4.15. The molecule has 1 atom stereocenters. The van der Waals surface area contributed by atoms with Gasteiger partial charge < -0.3 is 19.4 Å². The predicted octanol–water partition coefficient (Wildman–Crippen LogP) is -4.51. The standard InChI is InChI=1S/C15H14N4O4.Na/c1-17-6-12-16-8(5-18(12)7-13(17)20)4-9-10-2-3-11(15(22)23)19(10)14(9)21;/h3-5,10H,2,6-7H2,1H3,(H,22,23);/q;+1/p-1/b9-4+;. The number of hydrogen-bond acceptors (Lipinski definition) is 5. The second-order valence-corrected chi connectivity index (χ2v) is 5.86. The Morgan fingerprint density at radius 2 is 2.12 bits per heavy atom. The van der Waals surface area contributed by atoms with Gasteiger partial charge in [-0.05, 0) is 12.5 Å². The smallest absolute Gasteiger partial charge is 0.543 e. The molecular weight excluding hydrogens is 323 g/mol. The first-order chi connectivity index (χ1) is 11.0. The third-order valence-electron chi connectivity index (χ3n) is 4.43. The summed E-state index contributed by atoms with van der Waals surface area (Å²) >= 11 is 0. The summed E-state index contributed by atoms with van der Waals surface area (Å²) in [5, 5.41) is 11.0. The molecule has 0 bridgehead atoms. The largest absolute Gasteiger partial charge is 1.00 e. The monoisotopic (exact) mass is 336 g/mol. The number of fused-ring (bicyclic) bond motifs is 2. The Hall–Kier alpha value is -1.90. The molecule has 1 unspecified atom stereocenters. The maximum absolute atomic E-state index is 12.1. The number of amides is 2. The Balaban J connectivity index is 0.00000169. The third-order valence-corrected chi connectivity index (χ3v) is 4.43. The first-order valence-electron chi connectivity index (χ1n) is 7.22. The molecule has 0 N–H and O–H groups in total. The van der Waals surface area contributed by atoms with E-state index in [2.05, 4.69) is 4.98 Å². The van der Waals surface area contributed by atoms with Crippen molar-refractivity contribution in [3.8, 4) is 0 Å². The van der Waals surface area contributed by atoms with Crippen LogP contribution in [0.5, 0.6) is 0 Å². The van der Waals surface area contributed by atoms with Gasteiger partial charge in [0.25, 0.3) is 5.91 Å². The molecule has 8 nitrogen and oxygen atoms in total. The number of carbonyl (C=O) groups excluding carboxylic acids is 3. The number of likely N-dealkylation sites (N-methyl/N-ethyl adjacent to an activating group) is 1. The summed E-state index contributed by atoms with van der Waals surface area (Å²) in [6.07, 6.45) is 5.39. The van der Waals surface area contributed by atoms with E-state index in [0.717, 1.165) is 5.82 Å². The normalized spacial score (nSPS) is 23.5. The zero-order valence-electron chi connectivity index (χ0n) is 13.4. The third kappa shape index (κ3) is 2.42. The summed E-state index contributed by atoms with van der Waals surface area (Å²) in [5.41, 5.74) is 1.08. The molecule has 1 aromatic heterocycles. The number of imidazole rings is 1. The fourth-order valence-corrected chi connectivity index (χ4v) is 3.20. The summed E-state index contributed by atoms with van der Waals surface area (Å²) in [7, 11) is 1.72. The molecule has 1 saturated heterocycles. The number of nitrogens with zero attached hydrogens (tertiary/aromatic N) is 4. The van der Waals surface area contributed by atoms with E-state index in [1.165, 1.54) is 11.0 Å². The number of carbonyl (C=O) groups is 3. The molecule has 1 aromatic rings. The molecule has 0 aliphatic carbocycles. The number of aliphatic carboxylic acids is 1. The van der Waals surface area contributed by atoms with Crippen molar-refractivity contribution in [2.75, 3.05) is 7.05 Å². The number of β-lactam (4-membered cyclic amide) rings is 1. The van der Waals surface area contributed by atoms with Gasteiger partial charge in [-0.15, -0.1) is 0 Å². The van der Waals surface area contributed by atoms with Gasteiger partial charge in [-0.1, -0.05) is 6.08 Å². The SMILES string of the molecule is CN1Cc2nc(/C=C3/C(=O)N4C(C(=O)[O-])=CCC34)cn2CC1=O.[Na+].